The minimum Gasteiger partial charge on any atom is -0.487 e. The van der Waals surface area contributed by atoms with Crippen molar-refractivity contribution in [1.82, 2.24) is 25.5 Å². The number of halogens is 1. The maximum atomic E-state index is 14.3. The van der Waals surface area contributed by atoms with Crippen molar-refractivity contribution in [3.05, 3.63) is 58.6 Å². The van der Waals surface area contributed by atoms with Crippen LogP contribution in [0.15, 0.2) is 24.4 Å². The minimum atomic E-state index is -0.350. The molecule has 1 aliphatic heterocycles. The Morgan fingerprint density at radius 1 is 1.33 bits per heavy atom. The summed E-state index contributed by atoms with van der Waals surface area (Å²) in [7, 11) is 0. The van der Waals surface area contributed by atoms with Gasteiger partial charge < -0.3 is 10.1 Å². The van der Waals surface area contributed by atoms with Crippen molar-refractivity contribution in [2.75, 3.05) is 6.54 Å². The van der Waals surface area contributed by atoms with Crippen molar-refractivity contribution in [1.29, 1.82) is 0 Å². The minimum absolute atomic E-state index is 0.258. The Hall–Kier alpha value is -3.29. The molecule has 1 unspecified atom stereocenters. The number of aromatic amines is 1. The lowest BCUT2D eigenvalue weighted by atomic mass is 10.0. The number of nitrogens with one attached hydrogen (secondary N) is 2. The van der Waals surface area contributed by atoms with Crippen LogP contribution in [-0.4, -0.2) is 38.7 Å². The highest BCUT2D eigenvalue weighted by Crippen LogP contribution is 2.39. The van der Waals surface area contributed by atoms with Crippen molar-refractivity contribution in [2.45, 2.75) is 46.1 Å². The van der Waals surface area contributed by atoms with E-state index in [1.165, 1.54) is 12.1 Å². The van der Waals surface area contributed by atoms with E-state index < -0.39 is 0 Å². The van der Waals surface area contributed by atoms with Gasteiger partial charge in [-0.15, -0.1) is 0 Å². The van der Waals surface area contributed by atoms with E-state index in [4.69, 9.17) is 4.74 Å². The molecule has 0 saturated carbocycles. The molecule has 4 rings (SSSR count). The molecule has 0 spiro atoms. The summed E-state index contributed by atoms with van der Waals surface area (Å²) in [6.07, 6.45) is 1.87. The average molecular weight is 409 g/mol. The molecule has 30 heavy (non-hydrogen) atoms. The summed E-state index contributed by atoms with van der Waals surface area (Å²) in [6.45, 7) is 8.01. The largest absolute Gasteiger partial charge is 0.487 e. The van der Waals surface area contributed by atoms with Crippen molar-refractivity contribution in [3.63, 3.8) is 0 Å². The van der Waals surface area contributed by atoms with Crippen LogP contribution >= 0.6 is 0 Å². The summed E-state index contributed by atoms with van der Waals surface area (Å²) in [5.74, 6) is 0.232. The summed E-state index contributed by atoms with van der Waals surface area (Å²) < 4.78 is 20.4. The fraction of sp³-hybridized carbons (Fsp3) is 0.364. The first-order valence-electron chi connectivity index (χ1n) is 9.95. The number of benzene rings is 1. The normalized spacial score (nSPS) is 15.2. The van der Waals surface area contributed by atoms with Gasteiger partial charge in [0.2, 0.25) is 0 Å². The number of carbonyl (C=O) groups is 1. The van der Waals surface area contributed by atoms with Crippen LogP contribution in [0.1, 0.15) is 52.9 Å². The second-order valence-corrected chi connectivity index (χ2v) is 7.90. The zero-order valence-corrected chi connectivity index (χ0v) is 17.4. The van der Waals surface area contributed by atoms with Crippen molar-refractivity contribution in [2.24, 2.45) is 0 Å². The molecule has 0 radical (unpaired) electrons. The molecular formula is C22H24FN5O2. The molecule has 3 aromatic rings. The zero-order chi connectivity index (χ0) is 21.4. The monoisotopic (exact) mass is 409 g/mol. The number of nitrogens with zero attached hydrogens (tertiary/aromatic N) is 3. The van der Waals surface area contributed by atoms with E-state index in [0.29, 0.717) is 34.8 Å². The fourth-order valence-electron chi connectivity index (χ4n) is 3.52. The van der Waals surface area contributed by atoms with Crippen molar-refractivity contribution >= 4 is 5.91 Å². The quantitative estimate of drug-likeness (QED) is 0.673. The van der Waals surface area contributed by atoms with E-state index in [9.17, 15) is 9.18 Å². The molecule has 156 valence electrons. The molecule has 0 saturated heterocycles. The molecular weight excluding hydrogens is 385 g/mol. The SMILES string of the molecule is Cc1cnc(C)c(-c2cc(F)cc3c2OC(CNC(=O)c2cc(C(C)C)[nH]n2)C3)n1. The Balaban J connectivity index is 1.50. The Bertz CT molecular complexity index is 1110. The average Bonchev–Trinajstić information content (AvgIpc) is 3.34. The van der Waals surface area contributed by atoms with Gasteiger partial charge in [0.25, 0.3) is 5.91 Å². The van der Waals surface area contributed by atoms with Gasteiger partial charge in [0.15, 0.2) is 0 Å². The second-order valence-electron chi connectivity index (χ2n) is 7.90. The smallest absolute Gasteiger partial charge is 0.271 e. The number of aromatic nitrogens is 4. The van der Waals surface area contributed by atoms with Crippen LogP contribution < -0.4 is 10.1 Å². The number of H-pyrrole nitrogens is 1. The van der Waals surface area contributed by atoms with Gasteiger partial charge in [0, 0.05) is 29.4 Å². The van der Waals surface area contributed by atoms with E-state index in [-0.39, 0.29) is 30.3 Å². The molecule has 8 heteroatoms. The van der Waals surface area contributed by atoms with Crippen LogP contribution in [0.3, 0.4) is 0 Å². The maximum Gasteiger partial charge on any atom is 0.271 e. The summed E-state index contributed by atoms with van der Waals surface area (Å²) in [6, 6.07) is 4.65. The van der Waals surface area contributed by atoms with Crippen LogP contribution in [0.4, 0.5) is 4.39 Å². The van der Waals surface area contributed by atoms with E-state index in [0.717, 1.165) is 17.0 Å². The molecule has 0 bridgehead atoms. The number of hydrogen-bond acceptors (Lipinski definition) is 5. The molecule has 2 N–H and O–H groups in total. The Kier molecular flexibility index (Phi) is 5.24. The first-order valence-corrected chi connectivity index (χ1v) is 9.95. The lowest BCUT2D eigenvalue weighted by molar-refractivity contribution is 0.0928. The van der Waals surface area contributed by atoms with Crippen LogP contribution in [0, 0.1) is 19.7 Å². The molecule has 1 atom stereocenters. The van der Waals surface area contributed by atoms with Gasteiger partial charge >= 0.3 is 0 Å². The number of rotatable bonds is 5. The number of ether oxygens (including phenoxy) is 1. The summed E-state index contributed by atoms with van der Waals surface area (Å²) in [4.78, 5) is 21.3. The van der Waals surface area contributed by atoms with Gasteiger partial charge in [-0.1, -0.05) is 13.8 Å². The first kappa shape index (κ1) is 20.0. The van der Waals surface area contributed by atoms with E-state index in [2.05, 4.69) is 25.5 Å². The predicted octanol–water partition coefficient (Wildman–Crippen LogP) is 3.48. The number of amides is 1. The van der Waals surface area contributed by atoms with Crippen LogP contribution in [0.25, 0.3) is 11.3 Å². The molecule has 7 nitrogen and oxygen atoms in total. The highest BCUT2D eigenvalue weighted by Gasteiger charge is 2.29. The molecule has 0 aliphatic carbocycles. The molecule has 1 amide bonds. The van der Waals surface area contributed by atoms with Gasteiger partial charge in [0.05, 0.1) is 23.6 Å². The molecule has 2 aromatic heterocycles. The Morgan fingerprint density at radius 3 is 2.87 bits per heavy atom. The van der Waals surface area contributed by atoms with Crippen LogP contribution in [0.5, 0.6) is 5.75 Å². The van der Waals surface area contributed by atoms with Gasteiger partial charge in [-0.25, -0.2) is 9.37 Å². The molecule has 3 heterocycles. The van der Waals surface area contributed by atoms with E-state index in [1.54, 1.807) is 12.3 Å². The van der Waals surface area contributed by atoms with Crippen LogP contribution in [0.2, 0.25) is 0 Å². The second kappa shape index (κ2) is 7.85. The van der Waals surface area contributed by atoms with Crippen molar-refractivity contribution in [3.8, 4) is 17.0 Å². The maximum absolute atomic E-state index is 14.3. The number of carbonyl (C=O) groups excluding carboxylic acids is 1. The molecule has 0 fully saturated rings. The third kappa shape index (κ3) is 3.90. The summed E-state index contributed by atoms with van der Waals surface area (Å²) in [5, 5.41) is 9.79. The van der Waals surface area contributed by atoms with Gasteiger partial charge in [-0.2, -0.15) is 5.10 Å². The van der Waals surface area contributed by atoms with Gasteiger partial charge in [-0.3, -0.25) is 14.9 Å². The van der Waals surface area contributed by atoms with E-state index in [1.807, 2.05) is 27.7 Å². The topological polar surface area (TPSA) is 92.8 Å². The standard InChI is InChI=1S/C22H24FN5O2/c1-11(2)18-8-19(28-27-18)22(29)25-10-16-6-14-5-15(23)7-17(21(14)30-16)20-13(4)24-9-12(3)26-20/h5,7-9,11,16H,6,10H2,1-4H3,(H,25,29)(H,27,28). The number of fused-ring (bicyclic) bond motifs is 1. The molecule has 1 aliphatic rings. The summed E-state index contributed by atoms with van der Waals surface area (Å²) in [5.41, 5.74) is 4.64. The highest BCUT2D eigenvalue weighted by molar-refractivity contribution is 5.92. The third-order valence-electron chi connectivity index (χ3n) is 5.14. The number of aryl methyl sites for hydroxylation is 2. The lowest BCUT2D eigenvalue weighted by Crippen LogP contribution is -2.34. The lowest BCUT2D eigenvalue weighted by Gasteiger charge is -2.14. The first-order chi connectivity index (χ1) is 14.3. The Morgan fingerprint density at radius 2 is 2.13 bits per heavy atom. The van der Waals surface area contributed by atoms with Gasteiger partial charge in [-0.05, 0) is 38.0 Å². The summed E-state index contributed by atoms with van der Waals surface area (Å²) >= 11 is 0. The highest BCUT2D eigenvalue weighted by atomic mass is 19.1. The fourth-order valence-corrected chi connectivity index (χ4v) is 3.52. The third-order valence-corrected chi connectivity index (χ3v) is 5.14. The zero-order valence-electron chi connectivity index (χ0n) is 17.4. The van der Waals surface area contributed by atoms with E-state index >= 15 is 0 Å². The molecule has 1 aromatic carbocycles. The predicted molar refractivity (Wildman–Crippen MR) is 110 cm³/mol. The van der Waals surface area contributed by atoms with Crippen LogP contribution in [-0.2, 0) is 6.42 Å². The van der Waals surface area contributed by atoms with Gasteiger partial charge in [0.1, 0.15) is 23.4 Å². The van der Waals surface area contributed by atoms with Crippen molar-refractivity contribution < 1.29 is 13.9 Å². The Labute approximate surface area is 174 Å². The number of hydrogen-bond donors (Lipinski definition) is 2.